The van der Waals surface area contributed by atoms with Crippen LogP contribution in [0.25, 0.3) is 0 Å². The minimum atomic E-state index is 0.799. The lowest BCUT2D eigenvalue weighted by Gasteiger charge is -2.34. The number of hydrogen-bond acceptors (Lipinski definition) is 2. The molecule has 0 spiro atoms. The topological polar surface area (TPSA) is 15.3 Å². The van der Waals surface area contributed by atoms with Gasteiger partial charge in [0.1, 0.15) is 5.82 Å². The normalized spacial score (nSPS) is 16.0. The molecule has 1 aliphatic heterocycles. The third-order valence-electron chi connectivity index (χ3n) is 2.91. The minimum Gasteiger partial charge on any atom is -0.346 e. The van der Waals surface area contributed by atoms with E-state index in [9.17, 15) is 0 Å². The summed E-state index contributed by atoms with van der Waals surface area (Å²) in [6.07, 6.45) is 1.79. The summed E-state index contributed by atoms with van der Waals surface area (Å²) < 4.78 is 0. The molecule has 1 aliphatic rings. The number of benzene rings is 1. The van der Waals surface area contributed by atoms with Gasteiger partial charge in [-0.3, -0.25) is 0 Å². The highest BCUT2D eigenvalue weighted by Gasteiger charge is 2.18. The molecule has 0 unspecified atom stereocenters. The largest absolute Gasteiger partial charge is 0.346 e. The van der Waals surface area contributed by atoms with Crippen LogP contribution in [0.15, 0.2) is 67.3 Å². The Balaban J connectivity index is 1.97. The molecule has 0 radical (unpaired) electrons. The second kappa shape index (κ2) is 4.91. The van der Waals surface area contributed by atoms with Crippen LogP contribution in [0, 0.1) is 0 Å². The molecule has 0 atom stereocenters. The van der Waals surface area contributed by atoms with Gasteiger partial charge in [0.25, 0.3) is 0 Å². The molecule has 0 amide bonds. The Kier molecular flexibility index (Phi) is 3.33. The smallest absolute Gasteiger partial charge is 0.102 e. The fourth-order valence-electron chi connectivity index (χ4n) is 2.03. The lowest BCUT2D eigenvalue weighted by atomic mass is 10.1. The Bertz CT molecular complexity index is 425. The maximum atomic E-state index is 4.07. The Labute approximate surface area is 103 Å². The molecule has 17 heavy (non-hydrogen) atoms. The molecule has 0 aromatic heterocycles. The SMILES string of the molecule is C=C1CC(=C)N(CCc2ccccc2)C(=C)N1. The van der Waals surface area contributed by atoms with Gasteiger partial charge in [0.2, 0.25) is 0 Å². The maximum absolute atomic E-state index is 4.07. The van der Waals surface area contributed by atoms with E-state index < -0.39 is 0 Å². The zero-order valence-electron chi connectivity index (χ0n) is 10.1. The number of nitrogens with one attached hydrogen (secondary N) is 1. The van der Waals surface area contributed by atoms with Crippen LogP contribution in [0.3, 0.4) is 0 Å². The molecule has 1 heterocycles. The summed E-state index contributed by atoms with van der Waals surface area (Å²) in [5.41, 5.74) is 3.36. The van der Waals surface area contributed by atoms with E-state index in [0.717, 1.165) is 36.6 Å². The van der Waals surface area contributed by atoms with Crippen molar-refractivity contribution in [1.29, 1.82) is 0 Å². The Morgan fingerprint density at radius 3 is 2.47 bits per heavy atom. The standard InChI is InChI=1S/C15H18N2/c1-12-11-13(2)17(14(3)16-12)10-9-15-7-5-4-6-8-15/h4-8,16H,1-3,9-11H2. The first-order valence-corrected chi connectivity index (χ1v) is 5.80. The molecule has 0 bridgehead atoms. The second-order valence-corrected chi connectivity index (χ2v) is 4.31. The van der Waals surface area contributed by atoms with Crippen LogP contribution >= 0.6 is 0 Å². The summed E-state index contributed by atoms with van der Waals surface area (Å²) in [4.78, 5) is 2.13. The van der Waals surface area contributed by atoms with Crippen molar-refractivity contribution in [2.45, 2.75) is 12.8 Å². The molecule has 2 heteroatoms. The molecule has 1 fully saturated rings. The Morgan fingerprint density at radius 1 is 1.12 bits per heavy atom. The van der Waals surface area contributed by atoms with Gasteiger partial charge in [-0.25, -0.2) is 0 Å². The van der Waals surface area contributed by atoms with Gasteiger partial charge in [-0.15, -0.1) is 0 Å². The van der Waals surface area contributed by atoms with E-state index in [1.165, 1.54) is 5.56 Å². The predicted molar refractivity (Wildman–Crippen MR) is 72.0 cm³/mol. The van der Waals surface area contributed by atoms with Crippen molar-refractivity contribution in [1.82, 2.24) is 10.2 Å². The highest BCUT2D eigenvalue weighted by molar-refractivity contribution is 5.23. The van der Waals surface area contributed by atoms with Crippen molar-refractivity contribution in [2.75, 3.05) is 6.54 Å². The number of nitrogens with zero attached hydrogens (tertiary/aromatic N) is 1. The van der Waals surface area contributed by atoms with Gasteiger partial charge >= 0.3 is 0 Å². The van der Waals surface area contributed by atoms with Gasteiger partial charge in [-0.05, 0) is 12.0 Å². The average Bonchev–Trinajstić information content (AvgIpc) is 2.29. The quantitative estimate of drug-likeness (QED) is 0.852. The molecule has 2 rings (SSSR count). The summed E-state index contributed by atoms with van der Waals surface area (Å²) in [5.74, 6) is 0.877. The molecule has 88 valence electrons. The van der Waals surface area contributed by atoms with Crippen molar-refractivity contribution in [3.63, 3.8) is 0 Å². The van der Waals surface area contributed by atoms with Crippen molar-refractivity contribution < 1.29 is 0 Å². The highest BCUT2D eigenvalue weighted by Crippen LogP contribution is 2.21. The highest BCUT2D eigenvalue weighted by atomic mass is 15.3. The zero-order valence-corrected chi connectivity index (χ0v) is 10.1. The van der Waals surface area contributed by atoms with Crippen LogP contribution in [-0.2, 0) is 6.42 Å². The lowest BCUT2D eigenvalue weighted by molar-refractivity contribution is 0.375. The van der Waals surface area contributed by atoms with E-state index in [1.807, 2.05) is 6.07 Å². The van der Waals surface area contributed by atoms with Crippen molar-refractivity contribution >= 4 is 0 Å². The van der Waals surface area contributed by atoms with Crippen molar-refractivity contribution in [2.24, 2.45) is 0 Å². The summed E-state index contributed by atoms with van der Waals surface area (Å²) in [6.45, 7) is 12.9. The molecular weight excluding hydrogens is 208 g/mol. The van der Waals surface area contributed by atoms with Crippen LogP contribution in [-0.4, -0.2) is 11.4 Å². The van der Waals surface area contributed by atoms with Gasteiger partial charge in [-0.2, -0.15) is 0 Å². The third-order valence-corrected chi connectivity index (χ3v) is 2.91. The lowest BCUT2D eigenvalue weighted by Crippen LogP contribution is -2.36. The molecule has 0 saturated carbocycles. The molecule has 2 nitrogen and oxygen atoms in total. The third kappa shape index (κ3) is 2.78. The van der Waals surface area contributed by atoms with Crippen molar-refractivity contribution in [3.8, 4) is 0 Å². The summed E-state index contributed by atoms with van der Waals surface area (Å²) in [5, 5.41) is 3.17. The molecule has 1 N–H and O–H groups in total. The fourth-order valence-corrected chi connectivity index (χ4v) is 2.03. The molecule has 1 saturated heterocycles. The molecule has 0 aliphatic carbocycles. The van der Waals surface area contributed by atoms with Crippen LogP contribution in [0.2, 0.25) is 0 Å². The molecule has 1 aromatic rings. The van der Waals surface area contributed by atoms with Gasteiger partial charge in [0.05, 0.1) is 0 Å². The van der Waals surface area contributed by atoms with Crippen LogP contribution in [0.4, 0.5) is 0 Å². The number of hydrogen-bond donors (Lipinski definition) is 1. The average molecular weight is 226 g/mol. The predicted octanol–water partition coefficient (Wildman–Crippen LogP) is 3.02. The van der Waals surface area contributed by atoms with E-state index >= 15 is 0 Å². The maximum Gasteiger partial charge on any atom is 0.102 e. The van der Waals surface area contributed by atoms with Crippen molar-refractivity contribution in [3.05, 3.63) is 72.8 Å². The Hall–Kier alpha value is -1.96. The van der Waals surface area contributed by atoms with Gasteiger partial charge in [0.15, 0.2) is 0 Å². The first kappa shape index (κ1) is 11.5. The summed E-state index contributed by atoms with van der Waals surface area (Å²) >= 11 is 0. The zero-order chi connectivity index (χ0) is 12.3. The van der Waals surface area contributed by atoms with E-state index in [-0.39, 0.29) is 0 Å². The van der Waals surface area contributed by atoms with Gasteiger partial charge in [0, 0.05) is 24.4 Å². The van der Waals surface area contributed by atoms with Gasteiger partial charge < -0.3 is 10.2 Å². The monoisotopic (exact) mass is 226 g/mol. The van der Waals surface area contributed by atoms with E-state index in [4.69, 9.17) is 0 Å². The van der Waals surface area contributed by atoms with Gasteiger partial charge in [-0.1, -0.05) is 50.1 Å². The summed E-state index contributed by atoms with van der Waals surface area (Å²) in [7, 11) is 0. The molecule has 1 aromatic carbocycles. The fraction of sp³-hybridized carbons (Fsp3) is 0.200. The summed E-state index contributed by atoms with van der Waals surface area (Å²) in [6, 6.07) is 10.4. The van der Waals surface area contributed by atoms with Crippen LogP contribution in [0.1, 0.15) is 12.0 Å². The first-order chi connectivity index (χ1) is 8.16. The van der Waals surface area contributed by atoms with Crippen LogP contribution in [0.5, 0.6) is 0 Å². The van der Waals surface area contributed by atoms with E-state index in [1.54, 1.807) is 0 Å². The van der Waals surface area contributed by atoms with Crippen LogP contribution < -0.4 is 5.32 Å². The molecular formula is C15H18N2. The minimum absolute atomic E-state index is 0.799. The second-order valence-electron chi connectivity index (χ2n) is 4.31. The number of rotatable bonds is 3. The van der Waals surface area contributed by atoms with E-state index in [0.29, 0.717) is 0 Å². The van der Waals surface area contributed by atoms with E-state index in [2.05, 4.69) is 54.2 Å². The first-order valence-electron chi connectivity index (χ1n) is 5.80. The Morgan fingerprint density at radius 2 is 1.82 bits per heavy atom.